The summed E-state index contributed by atoms with van der Waals surface area (Å²) in [5.74, 6) is 0.855. The number of halogens is 1. The first-order chi connectivity index (χ1) is 11.6. The lowest BCUT2D eigenvalue weighted by Crippen LogP contribution is -2.38. The molecule has 130 valence electrons. The lowest BCUT2D eigenvalue weighted by molar-refractivity contribution is 0.187. The monoisotopic (exact) mass is 330 g/mol. The van der Waals surface area contributed by atoms with Crippen molar-refractivity contribution < 1.29 is 4.39 Å². The van der Waals surface area contributed by atoms with Gasteiger partial charge in [0.2, 0.25) is 0 Å². The van der Waals surface area contributed by atoms with Gasteiger partial charge in [-0.2, -0.15) is 0 Å². The fraction of sp³-hybridized carbons (Fsp3) is 0.632. The Balaban J connectivity index is 1.60. The number of benzene rings is 1. The van der Waals surface area contributed by atoms with E-state index in [4.69, 9.17) is 4.98 Å². The highest BCUT2D eigenvalue weighted by atomic mass is 19.1. The molecule has 24 heavy (non-hydrogen) atoms. The molecule has 5 heteroatoms. The quantitative estimate of drug-likeness (QED) is 0.938. The number of fused-ring (bicyclic) bond motifs is 1. The van der Waals surface area contributed by atoms with Gasteiger partial charge in [-0.05, 0) is 63.7 Å². The molecular formula is C19H27FN4. The number of likely N-dealkylation sites (tertiary alicyclic amines) is 1. The van der Waals surface area contributed by atoms with Crippen molar-refractivity contribution in [2.24, 2.45) is 5.41 Å². The zero-order valence-electron chi connectivity index (χ0n) is 14.7. The fourth-order valence-electron chi connectivity index (χ4n) is 4.75. The van der Waals surface area contributed by atoms with Crippen LogP contribution in [0.5, 0.6) is 0 Å². The molecule has 0 saturated carbocycles. The molecule has 0 amide bonds. The summed E-state index contributed by atoms with van der Waals surface area (Å²) in [6.07, 6.45) is 3.85. The van der Waals surface area contributed by atoms with Gasteiger partial charge in [0.15, 0.2) is 0 Å². The van der Waals surface area contributed by atoms with E-state index in [1.807, 2.05) is 6.07 Å². The van der Waals surface area contributed by atoms with Crippen LogP contribution in [0.15, 0.2) is 18.2 Å². The van der Waals surface area contributed by atoms with E-state index in [1.165, 1.54) is 25.3 Å². The maximum atomic E-state index is 13.5. The summed E-state index contributed by atoms with van der Waals surface area (Å²) in [7, 11) is 0. The summed E-state index contributed by atoms with van der Waals surface area (Å²) in [6.45, 7) is 9.66. The van der Waals surface area contributed by atoms with Gasteiger partial charge >= 0.3 is 0 Å². The largest absolute Gasteiger partial charge is 0.327 e. The minimum absolute atomic E-state index is 0.210. The van der Waals surface area contributed by atoms with Crippen molar-refractivity contribution in [1.29, 1.82) is 0 Å². The average Bonchev–Trinajstić information content (AvgIpc) is 3.05. The van der Waals surface area contributed by atoms with Crippen molar-refractivity contribution in [1.82, 2.24) is 19.8 Å². The van der Waals surface area contributed by atoms with Gasteiger partial charge in [-0.25, -0.2) is 9.37 Å². The minimum atomic E-state index is -0.210. The number of nitrogens with zero attached hydrogens (tertiary/aromatic N) is 3. The van der Waals surface area contributed by atoms with Crippen molar-refractivity contribution >= 4 is 11.0 Å². The summed E-state index contributed by atoms with van der Waals surface area (Å²) in [4.78, 5) is 7.32. The van der Waals surface area contributed by atoms with Crippen LogP contribution in [0.3, 0.4) is 0 Å². The van der Waals surface area contributed by atoms with Gasteiger partial charge in [0, 0.05) is 25.2 Å². The van der Waals surface area contributed by atoms with Gasteiger partial charge in [-0.15, -0.1) is 0 Å². The SMILES string of the molecule is CCn1c(CN2CC3(CCNCC3)CC2C)nc2cc(F)ccc21. The van der Waals surface area contributed by atoms with Crippen LogP contribution in [0.25, 0.3) is 11.0 Å². The van der Waals surface area contributed by atoms with Crippen molar-refractivity contribution in [2.75, 3.05) is 19.6 Å². The molecule has 2 aliphatic heterocycles. The van der Waals surface area contributed by atoms with E-state index < -0.39 is 0 Å². The fourth-order valence-corrected chi connectivity index (χ4v) is 4.75. The lowest BCUT2D eigenvalue weighted by atomic mass is 9.77. The highest BCUT2D eigenvalue weighted by molar-refractivity contribution is 5.76. The van der Waals surface area contributed by atoms with Crippen molar-refractivity contribution in [3.8, 4) is 0 Å². The van der Waals surface area contributed by atoms with E-state index >= 15 is 0 Å². The van der Waals surface area contributed by atoms with Crippen LogP contribution in [0, 0.1) is 11.2 Å². The number of nitrogens with one attached hydrogen (secondary N) is 1. The van der Waals surface area contributed by atoms with E-state index in [-0.39, 0.29) is 5.82 Å². The van der Waals surface area contributed by atoms with Crippen LogP contribution in [-0.2, 0) is 13.1 Å². The first-order valence-corrected chi connectivity index (χ1v) is 9.20. The highest BCUT2D eigenvalue weighted by Crippen LogP contribution is 2.42. The Morgan fingerprint density at radius 2 is 2.12 bits per heavy atom. The van der Waals surface area contributed by atoms with E-state index in [0.29, 0.717) is 11.5 Å². The standard InChI is InChI=1S/C19H27FN4/c1-3-24-17-5-4-15(20)10-16(17)22-18(24)12-23-13-19(11-14(23)2)6-8-21-9-7-19/h4-5,10,14,21H,3,6-9,11-13H2,1-2H3. The van der Waals surface area contributed by atoms with Gasteiger partial charge in [0.1, 0.15) is 11.6 Å². The number of aryl methyl sites for hydroxylation is 1. The molecule has 1 aromatic carbocycles. The summed E-state index contributed by atoms with van der Waals surface area (Å²) < 4.78 is 15.8. The summed E-state index contributed by atoms with van der Waals surface area (Å²) in [5.41, 5.74) is 2.30. The second kappa shape index (κ2) is 6.12. The number of hydrogen-bond donors (Lipinski definition) is 1. The van der Waals surface area contributed by atoms with Crippen LogP contribution in [0.4, 0.5) is 4.39 Å². The van der Waals surface area contributed by atoms with Crippen LogP contribution in [0.1, 0.15) is 38.9 Å². The zero-order chi connectivity index (χ0) is 16.7. The molecule has 1 N–H and O–H groups in total. The first kappa shape index (κ1) is 16.0. The molecule has 2 fully saturated rings. The Kier molecular flexibility index (Phi) is 4.09. The Morgan fingerprint density at radius 1 is 1.33 bits per heavy atom. The molecule has 3 heterocycles. The average molecular weight is 330 g/mol. The normalized spacial score (nSPS) is 24.2. The van der Waals surface area contributed by atoms with Gasteiger partial charge in [0.25, 0.3) is 0 Å². The Morgan fingerprint density at radius 3 is 2.88 bits per heavy atom. The van der Waals surface area contributed by atoms with Gasteiger partial charge in [-0.1, -0.05) is 0 Å². The highest BCUT2D eigenvalue weighted by Gasteiger charge is 2.42. The molecule has 4 rings (SSSR count). The second-order valence-electron chi connectivity index (χ2n) is 7.61. The summed E-state index contributed by atoms with van der Waals surface area (Å²) >= 11 is 0. The third-order valence-electron chi connectivity index (χ3n) is 6.00. The molecule has 0 bridgehead atoms. The molecule has 0 aliphatic carbocycles. The van der Waals surface area contributed by atoms with Crippen molar-refractivity contribution in [2.45, 2.75) is 52.2 Å². The molecule has 1 atom stereocenters. The van der Waals surface area contributed by atoms with E-state index in [9.17, 15) is 4.39 Å². The van der Waals surface area contributed by atoms with Gasteiger partial charge in [-0.3, -0.25) is 4.90 Å². The molecule has 0 radical (unpaired) electrons. The lowest BCUT2D eigenvalue weighted by Gasteiger charge is -2.33. The maximum Gasteiger partial charge on any atom is 0.125 e. The van der Waals surface area contributed by atoms with E-state index in [2.05, 4.69) is 28.6 Å². The van der Waals surface area contributed by atoms with Crippen LogP contribution in [-0.4, -0.2) is 40.1 Å². The van der Waals surface area contributed by atoms with E-state index in [1.54, 1.807) is 6.07 Å². The first-order valence-electron chi connectivity index (χ1n) is 9.20. The molecular weight excluding hydrogens is 303 g/mol. The molecule has 4 nitrogen and oxygen atoms in total. The second-order valence-corrected chi connectivity index (χ2v) is 7.61. The molecule has 1 unspecified atom stereocenters. The third kappa shape index (κ3) is 2.74. The Bertz CT molecular complexity index is 732. The molecule has 1 aromatic heterocycles. The van der Waals surface area contributed by atoms with E-state index in [0.717, 1.165) is 49.6 Å². The molecule has 2 aliphatic rings. The van der Waals surface area contributed by atoms with Gasteiger partial charge in [0.05, 0.1) is 17.6 Å². The molecule has 2 aromatic rings. The van der Waals surface area contributed by atoms with Crippen LogP contribution < -0.4 is 5.32 Å². The topological polar surface area (TPSA) is 33.1 Å². The number of rotatable bonds is 3. The summed E-state index contributed by atoms with van der Waals surface area (Å²) in [5, 5.41) is 3.49. The third-order valence-corrected chi connectivity index (χ3v) is 6.00. The molecule has 1 spiro atoms. The Labute approximate surface area is 143 Å². The number of hydrogen-bond acceptors (Lipinski definition) is 3. The number of imidazole rings is 1. The minimum Gasteiger partial charge on any atom is -0.327 e. The predicted molar refractivity (Wildman–Crippen MR) is 94.4 cm³/mol. The van der Waals surface area contributed by atoms with Gasteiger partial charge < -0.3 is 9.88 Å². The Hall–Kier alpha value is -1.46. The van der Waals surface area contributed by atoms with Crippen LogP contribution >= 0.6 is 0 Å². The maximum absolute atomic E-state index is 13.5. The van der Waals surface area contributed by atoms with Crippen LogP contribution in [0.2, 0.25) is 0 Å². The predicted octanol–water partition coefficient (Wildman–Crippen LogP) is 3.16. The smallest absolute Gasteiger partial charge is 0.125 e. The zero-order valence-corrected chi connectivity index (χ0v) is 14.7. The number of aromatic nitrogens is 2. The molecule has 2 saturated heterocycles. The van der Waals surface area contributed by atoms with Crippen molar-refractivity contribution in [3.05, 3.63) is 29.8 Å². The number of piperidine rings is 1. The summed E-state index contributed by atoms with van der Waals surface area (Å²) in [6, 6.07) is 5.52. The van der Waals surface area contributed by atoms with Crippen molar-refractivity contribution in [3.63, 3.8) is 0 Å².